The number of hydrogen-bond donors (Lipinski definition) is 2. The van der Waals surface area contributed by atoms with Gasteiger partial charge >= 0.3 is 0 Å². The normalized spacial score (nSPS) is 10.2. The summed E-state index contributed by atoms with van der Waals surface area (Å²) in [6.45, 7) is 2.26. The highest BCUT2D eigenvalue weighted by Crippen LogP contribution is 2.17. The number of para-hydroxylation sites is 1. The molecule has 6 heteroatoms. The van der Waals surface area contributed by atoms with Gasteiger partial charge in [-0.05, 0) is 25.0 Å². The third kappa shape index (κ3) is 3.31. The summed E-state index contributed by atoms with van der Waals surface area (Å²) >= 11 is 0. The molecule has 0 aliphatic carbocycles. The van der Waals surface area contributed by atoms with Gasteiger partial charge in [-0.2, -0.15) is 0 Å². The summed E-state index contributed by atoms with van der Waals surface area (Å²) in [4.78, 5) is 15.7. The van der Waals surface area contributed by atoms with Crippen LogP contribution in [0.4, 0.5) is 0 Å². The van der Waals surface area contributed by atoms with Crippen LogP contribution in [0.3, 0.4) is 0 Å². The zero-order valence-corrected chi connectivity index (χ0v) is 10.9. The molecule has 1 aromatic carbocycles. The number of nitrogens with one attached hydrogen (secondary N) is 2. The van der Waals surface area contributed by atoms with E-state index in [0.717, 1.165) is 11.3 Å². The summed E-state index contributed by atoms with van der Waals surface area (Å²) < 4.78 is 5.25. The predicted molar refractivity (Wildman–Crippen MR) is 70.2 cm³/mol. The highest BCUT2D eigenvalue weighted by atomic mass is 16.5. The highest BCUT2D eigenvalue weighted by molar-refractivity contribution is 5.90. The lowest BCUT2D eigenvalue weighted by Crippen LogP contribution is -2.26. The first-order chi connectivity index (χ1) is 9.20. The molecule has 0 bridgehead atoms. The van der Waals surface area contributed by atoms with Crippen molar-refractivity contribution in [1.82, 2.24) is 20.5 Å². The van der Waals surface area contributed by atoms with Gasteiger partial charge in [-0.1, -0.05) is 18.2 Å². The van der Waals surface area contributed by atoms with E-state index in [0.29, 0.717) is 18.8 Å². The molecule has 6 nitrogen and oxygen atoms in total. The Morgan fingerprint density at radius 1 is 1.42 bits per heavy atom. The van der Waals surface area contributed by atoms with Crippen molar-refractivity contribution in [3.05, 3.63) is 41.5 Å². The first kappa shape index (κ1) is 13.1. The Hall–Kier alpha value is -2.37. The Kier molecular flexibility index (Phi) is 4.12. The molecule has 100 valence electrons. The molecule has 0 aliphatic heterocycles. The number of aromatic amines is 1. The zero-order chi connectivity index (χ0) is 13.7. The van der Waals surface area contributed by atoms with Crippen molar-refractivity contribution in [1.29, 1.82) is 0 Å². The van der Waals surface area contributed by atoms with Crippen molar-refractivity contribution in [2.45, 2.75) is 13.3 Å². The molecule has 2 aromatic rings. The molecule has 1 heterocycles. The standard InChI is InChI=1S/C13H16N4O2/c1-9-15-12(17-16-9)13(18)14-8-7-10-5-3-4-6-11(10)19-2/h3-6H,7-8H2,1-2H3,(H,14,18)(H,15,16,17). The second-order valence-corrected chi connectivity index (χ2v) is 4.06. The largest absolute Gasteiger partial charge is 0.496 e. The van der Waals surface area contributed by atoms with Crippen LogP contribution in [-0.4, -0.2) is 34.7 Å². The van der Waals surface area contributed by atoms with Crippen LogP contribution >= 0.6 is 0 Å². The smallest absolute Gasteiger partial charge is 0.290 e. The molecule has 1 aromatic heterocycles. The van der Waals surface area contributed by atoms with Crippen LogP contribution in [0.5, 0.6) is 5.75 Å². The lowest BCUT2D eigenvalue weighted by atomic mass is 10.1. The van der Waals surface area contributed by atoms with Crippen molar-refractivity contribution >= 4 is 5.91 Å². The van der Waals surface area contributed by atoms with Crippen molar-refractivity contribution in [2.24, 2.45) is 0 Å². The van der Waals surface area contributed by atoms with Crippen LogP contribution in [0.2, 0.25) is 0 Å². The Balaban J connectivity index is 1.88. The minimum absolute atomic E-state index is 0.164. The molecule has 1 amide bonds. The third-order valence-corrected chi connectivity index (χ3v) is 2.67. The number of amides is 1. The summed E-state index contributed by atoms with van der Waals surface area (Å²) in [6.07, 6.45) is 0.694. The van der Waals surface area contributed by atoms with E-state index in [1.54, 1.807) is 14.0 Å². The number of hydrogen-bond acceptors (Lipinski definition) is 4. The van der Waals surface area contributed by atoms with Crippen LogP contribution in [0.1, 0.15) is 22.0 Å². The zero-order valence-electron chi connectivity index (χ0n) is 10.9. The summed E-state index contributed by atoms with van der Waals surface area (Å²) in [5, 5.41) is 9.21. The van der Waals surface area contributed by atoms with Gasteiger partial charge in [0.15, 0.2) is 0 Å². The van der Waals surface area contributed by atoms with Crippen molar-refractivity contribution in [3.8, 4) is 5.75 Å². The van der Waals surface area contributed by atoms with E-state index in [2.05, 4.69) is 20.5 Å². The van der Waals surface area contributed by atoms with Crippen molar-refractivity contribution in [3.63, 3.8) is 0 Å². The quantitative estimate of drug-likeness (QED) is 0.843. The van der Waals surface area contributed by atoms with Crippen molar-refractivity contribution < 1.29 is 9.53 Å². The summed E-state index contributed by atoms with van der Waals surface area (Å²) in [5.41, 5.74) is 1.05. The second kappa shape index (κ2) is 5.99. The van der Waals surface area contributed by atoms with Crippen LogP contribution in [0.15, 0.2) is 24.3 Å². The Morgan fingerprint density at radius 2 is 2.21 bits per heavy atom. The Morgan fingerprint density at radius 3 is 2.89 bits per heavy atom. The average molecular weight is 260 g/mol. The van der Waals surface area contributed by atoms with Crippen LogP contribution in [0, 0.1) is 6.92 Å². The van der Waals surface area contributed by atoms with E-state index < -0.39 is 0 Å². The highest BCUT2D eigenvalue weighted by Gasteiger charge is 2.10. The van der Waals surface area contributed by atoms with Gasteiger partial charge in [0.05, 0.1) is 7.11 Å². The predicted octanol–water partition coefficient (Wildman–Crippen LogP) is 1.09. The molecule has 0 atom stereocenters. The van der Waals surface area contributed by atoms with Gasteiger partial charge in [-0.3, -0.25) is 9.89 Å². The number of methoxy groups -OCH3 is 1. The van der Waals surface area contributed by atoms with Gasteiger partial charge in [0.1, 0.15) is 11.6 Å². The lowest BCUT2D eigenvalue weighted by Gasteiger charge is -2.08. The third-order valence-electron chi connectivity index (χ3n) is 2.67. The molecule has 0 unspecified atom stereocenters. The van der Waals surface area contributed by atoms with E-state index in [9.17, 15) is 4.79 Å². The fourth-order valence-corrected chi connectivity index (χ4v) is 1.74. The SMILES string of the molecule is COc1ccccc1CCNC(=O)c1n[nH]c(C)n1. The summed E-state index contributed by atoms with van der Waals surface area (Å²) in [6, 6.07) is 7.73. The summed E-state index contributed by atoms with van der Waals surface area (Å²) in [5.74, 6) is 1.33. The summed E-state index contributed by atoms with van der Waals surface area (Å²) in [7, 11) is 1.63. The monoisotopic (exact) mass is 260 g/mol. The maximum atomic E-state index is 11.7. The first-order valence-corrected chi connectivity index (χ1v) is 6.00. The van der Waals surface area contributed by atoms with Gasteiger partial charge in [0.2, 0.25) is 5.82 Å². The van der Waals surface area contributed by atoms with Gasteiger partial charge in [-0.25, -0.2) is 4.98 Å². The number of carbonyl (C=O) groups is 1. The Bertz CT molecular complexity index is 565. The molecular weight excluding hydrogens is 244 g/mol. The number of benzene rings is 1. The van der Waals surface area contributed by atoms with Gasteiger partial charge in [0, 0.05) is 6.54 Å². The topological polar surface area (TPSA) is 79.9 Å². The molecule has 0 aliphatic rings. The lowest BCUT2D eigenvalue weighted by molar-refractivity contribution is 0.0944. The average Bonchev–Trinajstić information content (AvgIpc) is 2.86. The van der Waals surface area contributed by atoms with E-state index in [-0.39, 0.29) is 11.7 Å². The van der Waals surface area contributed by atoms with Crippen LogP contribution in [-0.2, 0) is 6.42 Å². The van der Waals surface area contributed by atoms with E-state index in [4.69, 9.17) is 4.74 Å². The number of nitrogens with zero attached hydrogens (tertiary/aromatic N) is 2. The van der Waals surface area contributed by atoms with Crippen LogP contribution < -0.4 is 10.1 Å². The van der Waals surface area contributed by atoms with Crippen molar-refractivity contribution in [2.75, 3.05) is 13.7 Å². The minimum Gasteiger partial charge on any atom is -0.496 e. The van der Waals surface area contributed by atoms with Gasteiger partial charge in [0.25, 0.3) is 5.91 Å². The number of ether oxygens (including phenoxy) is 1. The molecule has 0 radical (unpaired) electrons. The minimum atomic E-state index is -0.278. The second-order valence-electron chi connectivity index (χ2n) is 4.06. The molecule has 0 spiro atoms. The number of carbonyl (C=O) groups excluding carboxylic acids is 1. The maximum Gasteiger partial charge on any atom is 0.290 e. The van der Waals surface area contributed by atoms with Crippen LogP contribution in [0.25, 0.3) is 0 Å². The molecule has 2 N–H and O–H groups in total. The molecule has 0 saturated heterocycles. The maximum absolute atomic E-state index is 11.7. The van der Waals surface area contributed by atoms with E-state index >= 15 is 0 Å². The molecular formula is C13H16N4O2. The van der Waals surface area contributed by atoms with Gasteiger partial charge in [-0.15, -0.1) is 5.10 Å². The Labute approximate surface area is 111 Å². The number of H-pyrrole nitrogens is 1. The first-order valence-electron chi connectivity index (χ1n) is 6.00. The number of rotatable bonds is 5. The fourth-order valence-electron chi connectivity index (χ4n) is 1.74. The molecule has 0 fully saturated rings. The number of aromatic nitrogens is 3. The molecule has 19 heavy (non-hydrogen) atoms. The van der Waals surface area contributed by atoms with E-state index in [1.165, 1.54) is 0 Å². The number of aryl methyl sites for hydroxylation is 1. The fraction of sp³-hybridized carbons (Fsp3) is 0.308. The van der Waals surface area contributed by atoms with Gasteiger partial charge < -0.3 is 10.1 Å². The molecule has 0 saturated carbocycles. The molecule has 2 rings (SSSR count). The van der Waals surface area contributed by atoms with E-state index in [1.807, 2.05) is 24.3 Å².